The normalized spacial score (nSPS) is 16.1. The molecule has 0 heterocycles. The van der Waals surface area contributed by atoms with Crippen LogP contribution in [-0.2, 0) is 25.5 Å². The maximum absolute atomic E-state index is 11.9. The van der Waals surface area contributed by atoms with Crippen molar-refractivity contribution in [1.82, 2.24) is 0 Å². The molecule has 0 atom stereocenters. The third-order valence-corrected chi connectivity index (χ3v) is 8.41. The van der Waals surface area contributed by atoms with Gasteiger partial charge in [-0.1, -0.05) is 77.0 Å². The van der Waals surface area contributed by atoms with Gasteiger partial charge >= 0.3 is 11.9 Å². The van der Waals surface area contributed by atoms with Crippen molar-refractivity contribution < 1.29 is 38.7 Å². The highest BCUT2D eigenvalue weighted by molar-refractivity contribution is 5.88. The summed E-state index contributed by atoms with van der Waals surface area (Å²) in [5.41, 5.74) is 4.33. The van der Waals surface area contributed by atoms with Crippen molar-refractivity contribution in [3.63, 3.8) is 0 Å². The van der Waals surface area contributed by atoms with E-state index in [2.05, 4.69) is 51.3 Å². The average molecular weight is 623 g/mol. The van der Waals surface area contributed by atoms with E-state index in [-0.39, 0.29) is 37.6 Å². The number of unbranched alkanes of at least 4 members (excludes halogenated alkanes) is 2. The third kappa shape index (κ3) is 11.0. The fourth-order valence-electron chi connectivity index (χ4n) is 5.77. The van der Waals surface area contributed by atoms with Gasteiger partial charge in [-0.05, 0) is 66.7 Å². The summed E-state index contributed by atoms with van der Waals surface area (Å²) in [7, 11) is 0. The van der Waals surface area contributed by atoms with Gasteiger partial charge in [0, 0.05) is 11.6 Å². The van der Waals surface area contributed by atoms with Crippen LogP contribution in [0.2, 0.25) is 0 Å². The van der Waals surface area contributed by atoms with E-state index < -0.39 is 25.2 Å². The topological polar surface area (TPSA) is 112 Å². The second-order valence-electron chi connectivity index (χ2n) is 11.6. The zero-order valence-electron chi connectivity index (χ0n) is 27.0. The van der Waals surface area contributed by atoms with Crippen LogP contribution < -0.4 is 9.47 Å². The Morgan fingerprint density at radius 2 is 1.40 bits per heavy atom. The Bertz CT molecular complexity index is 1260. The third-order valence-electron chi connectivity index (χ3n) is 8.41. The Balaban J connectivity index is 1.75. The van der Waals surface area contributed by atoms with E-state index in [0.717, 1.165) is 22.6 Å². The van der Waals surface area contributed by atoms with Crippen LogP contribution in [0.4, 0.5) is 0 Å². The number of aliphatic hydroxyl groups excluding tert-OH is 2. The highest BCUT2D eigenvalue weighted by Crippen LogP contribution is 2.40. The Kier molecular flexibility index (Phi) is 15.2. The number of hydrogen-bond donors (Lipinski definition) is 2. The minimum atomic E-state index is -0.671. The second-order valence-corrected chi connectivity index (χ2v) is 11.6. The van der Waals surface area contributed by atoms with Crippen LogP contribution in [0.15, 0.2) is 60.7 Å². The van der Waals surface area contributed by atoms with E-state index >= 15 is 0 Å². The smallest absolute Gasteiger partial charge is 0.335 e. The molecule has 3 rings (SSSR count). The Morgan fingerprint density at radius 1 is 0.800 bits per heavy atom. The lowest BCUT2D eigenvalue weighted by atomic mass is 9.77. The minimum absolute atomic E-state index is 0.0122. The molecule has 0 saturated heterocycles. The van der Waals surface area contributed by atoms with Crippen LogP contribution in [0.5, 0.6) is 11.5 Å². The van der Waals surface area contributed by atoms with Crippen LogP contribution in [-0.4, -0.2) is 61.8 Å². The molecular weight excluding hydrogens is 572 g/mol. The largest absolute Gasteiger partial charge is 0.490 e. The summed E-state index contributed by atoms with van der Waals surface area (Å²) in [5, 5.41) is 18.2. The SMILES string of the molecule is C=C(CO)C(=O)OCCOc1cc(OCCOC(=O)C(=C)CO)c(CC)c(-c2ccc(C3CCC(CCCCC)CC3)cc2)c1. The summed E-state index contributed by atoms with van der Waals surface area (Å²) in [4.78, 5) is 23.7. The van der Waals surface area contributed by atoms with Crippen LogP contribution in [0.25, 0.3) is 11.1 Å². The molecule has 246 valence electrons. The molecule has 1 saturated carbocycles. The number of esters is 2. The molecule has 0 aliphatic heterocycles. The summed E-state index contributed by atoms with van der Waals surface area (Å²) in [6.45, 7) is 10.5. The van der Waals surface area contributed by atoms with Crippen LogP contribution in [0, 0.1) is 5.92 Å². The molecule has 8 heteroatoms. The van der Waals surface area contributed by atoms with Gasteiger partial charge in [0.2, 0.25) is 0 Å². The van der Waals surface area contributed by atoms with Gasteiger partial charge in [0.15, 0.2) is 0 Å². The molecule has 1 fully saturated rings. The van der Waals surface area contributed by atoms with Gasteiger partial charge in [-0.25, -0.2) is 9.59 Å². The molecule has 1 aliphatic rings. The first-order valence-electron chi connectivity index (χ1n) is 16.2. The van der Waals surface area contributed by atoms with E-state index in [0.29, 0.717) is 23.8 Å². The van der Waals surface area contributed by atoms with Crippen molar-refractivity contribution in [3.05, 3.63) is 71.8 Å². The molecule has 2 aromatic carbocycles. The van der Waals surface area contributed by atoms with Gasteiger partial charge in [0.25, 0.3) is 0 Å². The Morgan fingerprint density at radius 3 is 1.96 bits per heavy atom. The lowest BCUT2D eigenvalue weighted by Gasteiger charge is -2.29. The molecule has 0 unspecified atom stereocenters. The average Bonchev–Trinajstić information content (AvgIpc) is 3.07. The minimum Gasteiger partial charge on any atom is -0.490 e. The van der Waals surface area contributed by atoms with Gasteiger partial charge in [0.1, 0.15) is 37.9 Å². The summed E-state index contributed by atoms with van der Waals surface area (Å²) in [6, 6.07) is 12.5. The predicted molar refractivity (Wildman–Crippen MR) is 175 cm³/mol. The molecule has 1 aliphatic carbocycles. The quantitative estimate of drug-likeness (QED) is 0.101. The van der Waals surface area contributed by atoms with Crippen LogP contribution in [0.3, 0.4) is 0 Å². The zero-order valence-corrected chi connectivity index (χ0v) is 27.0. The van der Waals surface area contributed by atoms with E-state index in [9.17, 15) is 9.59 Å². The number of carbonyl (C=O) groups is 2. The highest BCUT2D eigenvalue weighted by atomic mass is 16.6. The first-order valence-corrected chi connectivity index (χ1v) is 16.2. The molecule has 0 radical (unpaired) electrons. The predicted octanol–water partition coefficient (Wildman–Crippen LogP) is 6.71. The summed E-state index contributed by atoms with van der Waals surface area (Å²) in [6.07, 6.45) is 11.1. The van der Waals surface area contributed by atoms with Crippen molar-refractivity contribution in [2.24, 2.45) is 5.92 Å². The molecule has 0 spiro atoms. The first kappa shape index (κ1) is 35.9. The summed E-state index contributed by atoms with van der Waals surface area (Å²) < 4.78 is 22.3. The highest BCUT2D eigenvalue weighted by Gasteiger charge is 2.22. The molecule has 2 aromatic rings. The molecule has 0 aromatic heterocycles. The lowest BCUT2D eigenvalue weighted by molar-refractivity contribution is -0.141. The van der Waals surface area contributed by atoms with Crippen LogP contribution >= 0.6 is 0 Å². The summed E-state index contributed by atoms with van der Waals surface area (Å²) >= 11 is 0. The Labute approximate surface area is 268 Å². The number of aliphatic hydroxyl groups is 2. The molecule has 8 nitrogen and oxygen atoms in total. The molecule has 2 N–H and O–H groups in total. The molecule has 45 heavy (non-hydrogen) atoms. The molecule has 0 bridgehead atoms. The van der Waals surface area contributed by atoms with Crippen molar-refractivity contribution in [3.8, 4) is 22.6 Å². The van der Waals surface area contributed by atoms with Crippen molar-refractivity contribution in [2.45, 2.75) is 77.6 Å². The first-order chi connectivity index (χ1) is 21.8. The number of rotatable bonds is 19. The molecule has 0 amide bonds. The fourth-order valence-corrected chi connectivity index (χ4v) is 5.77. The second kappa shape index (κ2) is 19.0. The van der Waals surface area contributed by atoms with Gasteiger partial charge in [-0.2, -0.15) is 0 Å². The summed E-state index contributed by atoms with van der Waals surface area (Å²) in [5.74, 6) is 1.25. The maximum atomic E-state index is 11.9. The van der Waals surface area contributed by atoms with Crippen molar-refractivity contribution in [2.75, 3.05) is 39.6 Å². The van der Waals surface area contributed by atoms with E-state index in [1.807, 2.05) is 6.07 Å². The zero-order chi connectivity index (χ0) is 32.6. The standard InChI is InChI=1S/C37H50O8/c1-5-7-8-9-28-10-12-29(13-11-28)30-14-16-31(17-15-30)34-22-32(42-18-20-44-36(40)26(3)24-38)23-35(33(34)6-2)43-19-21-45-37(41)27(4)25-39/h14-17,22-23,28-29,38-39H,3-13,18-21,24-25H2,1-2H3. The van der Waals surface area contributed by atoms with E-state index in [1.54, 1.807) is 6.07 Å². The monoisotopic (exact) mass is 622 g/mol. The van der Waals surface area contributed by atoms with Crippen molar-refractivity contribution >= 4 is 11.9 Å². The van der Waals surface area contributed by atoms with Gasteiger partial charge < -0.3 is 29.2 Å². The van der Waals surface area contributed by atoms with Gasteiger partial charge in [-0.3, -0.25) is 0 Å². The number of ether oxygens (including phenoxy) is 4. The van der Waals surface area contributed by atoms with E-state index in [1.165, 1.54) is 56.9 Å². The van der Waals surface area contributed by atoms with E-state index in [4.69, 9.17) is 29.2 Å². The van der Waals surface area contributed by atoms with Crippen molar-refractivity contribution in [1.29, 1.82) is 0 Å². The maximum Gasteiger partial charge on any atom is 0.335 e. The Hall–Kier alpha value is -3.62. The van der Waals surface area contributed by atoms with Gasteiger partial charge in [-0.15, -0.1) is 0 Å². The molecular formula is C37H50O8. The number of benzene rings is 2. The number of hydrogen-bond acceptors (Lipinski definition) is 8. The van der Waals surface area contributed by atoms with Gasteiger partial charge in [0.05, 0.1) is 24.4 Å². The number of carbonyl (C=O) groups excluding carboxylic acids is 2. The fraction of sp³-hybridized carbons (Fsp3) is 0.514. The van der Waals surface area contributed by atoms with Crippen LogP contribution in [0.1, 0.15) is 82.3 Å². The lowest BCUT2D eigenvalue weighted by Crippen LogP contribution is -2.16.